The zero-order valence-electron chi connectivity index (χ0n) is 13.7. The lowest BCUT2D eigenvalue weighted by Gasteiger charge is -2.15. The number of carbonyl (C=O) groups is 1. The standard InChI is InChI=1S/C18H20N2O3/c1-9(2)11-5-7-12(8-6-11)14-13(17(21)22-4)10(3)16-15(14)20-18(19)23-16/h5-9,14H,1-4H3,(H2,19,20). The van der Waals surface area contributed by atoms with Gasteiger partial charge in [-0.15, -0.1) is 0 Å². The van der Waals surface area contributed by atoms with Gasteiger partial charge in [-0.2, -0.15) is 4.98 Å². The molecule has 3 rings (SSSR count). The normalized spacial score (nSPS) is 16.8. The lowest BCUT2D eigenvalue weighted by molar-refractivity contribution is -0.136. The summed E-state index contributed by atoms with van der Waals surface area (Å²) in [6, 6.07) is 8.31. The number of nitrogens with two attached hydrogens (primary N) is 1. The van der Waals surface area contributed by atoms with E-state index in [9.17, 15) is 4.79 Å². The molecule has 0 radical (unpaired) electrons. The number of nitrogens with zero attached hydrogens (tertiary/aromatic N) is 1. The highest BCUT2D eigenvalue weighted by Crippen LogP contribution is 2.46. The second-order valence-corrected chi connectivity index (χ2v) is 6.05. The molecule has 2 aromatic rings. The molecule has 0 saturated carbocycles. The molecule has 1 aliphatic rings. The topological polar surface area (TPSA) is 78.3 Å². The monoisotopic (exact) mass is 312 g/mol. The molecule has 0 saturated heterocycles. The summed E-state index contributed by atoms with van der Waals surface area (Å²) >= 11 is 0. The molecule has 5 nitrogen and oxygen atoms in total. The average Bonchev–Trinajstić information content (AvgIpc) is 3.03. The zero-order valence-corrected chi connectivity index (χ0v) is 13.7. The number of fused-ring (bicyclic) bond motifs is 1. The summed E-state index contributed by atoms with van der Waals surface area (Å²) in [4.78, 5) is 16.5. The fourth-order valence-electron chi connectivity index (χ4n) is 3.07. The van der Waals surface area contributed by atoms with E-state index in [1.165, 1.54) is 12.7 Å². The SMILES string of the molecule is COC(=O)C1=C(C)c2oc(N)nc2C1c1ccc(C(C)C)cc1. The molecule has 2 N–H and O–H groups in total. The Hall–Kier alpha value is -2.56. The van der Waals surface area contributed by atoms with Crippen molar-refractivity contribution in [3.63, 3.8) is 0 Å². The smallest absolute Gasteiger partial charge is 0.335 e. The fourth-order valence-corrected chi connectivity index (χ4v) is 3.07. The third-order valence-corrected chi connectivity index (χ3v) is 4.32. The van der Waals surface area contributed by atoms with Gasteiger partial charge in [0.2, 0.25) is 0 Å². The van der Waals surface area contributed by atoms with Gasteiger partial charge in [0, 0.05) is 5.57 Å². The van der Waals surface area contributed by atoms with Crippen LogP contribution in [0.25, 0.3) is 5.57 Å². The van der Waals surface area contributed by atoms with Gasteiger partial charge in [-0.25, -0.2) is 4.79 Å². The minimum absolute atomic E-state index is 0.113. The summed E-state index contributed by atoms with van der Waals surface area (Å²) in [6.07, 6.45) is 0. The lowest BCUT2D eigenvalue weighted by atomic mass is 9.89. The van der Waals surface area contributed by atoms with Gasteiger partial charge in [-0.3, -0.25) is 0 Å². The molecule has 1 atom stereocenters. The van der Waals surface area contributed by atoms with Crippen molar-refractivity contribution in [2.24, 2.45) is 0 Å². The van der Waals surface area contributed by atoms with Crippen molar-refractivity contribution >= 4 is 17.6 Å². The van der Waals surface area contributed by atoms with E-state index in [0.717, 1.165) is 11.1 Å². The van der Waals surface area contributed by atoms with Crippen LogP contribution in [0.3, 0.4) is 0 Å². The minimum Gasteiger partial charge on any atom is -0.466 e. The van der Waals surface area contributed by atoms with Crippen LogP contribution in [0.15, 0.2) is 34.3 Å². The molecule has 23 heavy (non-hydrogen) atoms. The Balaban J connectivity index is 2.12. The van der Waals surface area contributed by atoms with E-state index >= 15 is 0 Å². The van der Waals surface area contributed by atoms with Gasteiger partial charge in [-0.1, -0.05) is 38.1 Å². The first-order valence-corrected chi connectivity index (χ1v) is 7.59. The number of nitrogen functional groups attached to an aromatic ring is 1. The third-order valence-electron chi connectivity index (χ3n) is 4.32. The van der Waals surface area contributed by atoms with Crippen molar-refractivity contribution in [3.05, 3.63) is 52.4 Å². The predicted molar refractivity (Wildman–Crippen MR) is 87.9 cm³/mol. The molecular weight excluding hydrogens is 292 g/mol. The summed E-state index contributed by atoms with van der Waals surface area (Å²) in [5, 5.41) is 0. The predicted octanol–water partition coefficient (Wildman–Crippen LogP) is 3.47. The molecule has 0 bridgehead atoms. The van der Waals surface area contributed by atoms with E-state index in [1.54, 1.807) is 0 Å². The Bertz CT molecular complexity index is 785. The number of rotatable bonds is 3. The molecule has 0 fully saturated rings. The highest BCUT2D eigenvalue weighted by Gasteiger charge is 2.39. The van der Waals surface area contributed by atoms with Crippen LogP contribution in [0.2, 0.25) is 0 Å². The summed E-state index contributed by atoms with van der Waals surface area (Å²) < 4.78 is 10.4. The second kappa shape index (κ2) is 5.57. The number of hydrogen-bond donors (Lipinski definition) is 1. The molecule has 1 aliphatic carbocycles. The van der Waals surface area contributed by atoms with Gasteiger partial charge in [0.15, 0.2) is 5.76 Å². The number of anilines is 1. The first kappa shape index (κ1) is 15.3. The number of oxazole rings is 1. The number of methoxy groups -OCH3 is 1. The van der Waals surface area contributed by atoms with Crippen molar-refractivity contribution in [2.45, 2.75) is 32.6 Å². The van der Waals surface area contributed by atoms with Crippen LogP contribution in [-0.2, 0) is 9.53 Å². The van der Waals surface area contributed by atoms with E-state index in [-0.39, 0.29) is 17.9 Å². The highest BCUT2D eigenvalue weighted by atomic mass is 16.5. The molecule has 1 aromatic carbocycles. The maximum Gasteiger partial charge on any atom is 0.335 e. The van der Waals surface area contributed by atoms with Crippen LogP contribution in [0.4, 0.5) is 6.01 Å². The van der Waals surface area contributed by atoms with Crippen molar-refractivity contribution in [2.75, 3.05) is 12.8 Å². The van der Waals surface area contributed by atoms with Crippen molar-refractivity contribution in [1.82, 2.24) is 4.98 Å². The quantitative estimate of drug-likeness (QED) is 0.878. The second-order valence-electron chi connectivity index (χ2n) is 6.05. The van der Waals surface area contributed by atoms with E-state index < -0.39 is 0 Å². The molecule has 1 heterocycles. The van der Waals surface area contributed by atoms with Crippen LogP contribution >= 0.6 is 0 Å². The van der Waals surface area contributed by atoms with Gasteiger partial charge in [0.05, 0.1) is 18.6 Å². The van der Waals surface area contributed by atoms with Gasteiger partial charge >= 0.3 is 5.97 Å². The van der Waals surface area contributed by atoms with E-state index in [0.29, 0.717) is 22.9 Å². The van der Waals surface area contributed by atoms with Crippen molar-refractivity contribution in [3.8, 4) is 0 Å². The van der Waals surface area contributed by atoms with E-state index in [4.69, 9.17) is 14.9 Å². The first-order chi connectivity index (χ1) is 10.9. The van der Waals surface area contributed by atoms with Crippen LogP contribution in [-0.4, -0.2) is 18.1 Å². The van der Waals surface area contributed by atoms with Crippen molar-refractivity contribution < 1.29 is 13.9 Å². The Kier molecular flexibility index (Phi) is 3.72. The summed E-state index contributed by atoms with van der Waals surface area (Å²) in [7, 11) is 1.38. The summed E-state index contributed by atoms with van der Waals surface area (Å²) in [6.45, 7) is 6.12. The fraction of sp³-hybridized carbons (Fsp3) is 0.333. The minimum atomic E-state index is -0.368. The van der Waals surface area contributed by atoms with Gasteiger partial charge in [0.25, 0.3) is 6.01 Å². The molecule has 0 aliphatic heterocycles. The third kappa shape index (κ3) is 2.42. The van der Waals surface area contributed by atoms with E-state index in [2.05, 4.69) is 31.0 Å². The largest absolute Gasteiger partial charge is 0.466 e. The number of aromatic nitrogens is 1. The summed E-state index contributed by atoms with van der Waals surface area (Å²) in [5.41, 5.74) is 9.88. The Labute approximate surface area is 135 Å². The van der Waals surface area contributed by atoms with Crippen LogP contribution in [0.1, 0.15) is 55.2 Å². The maximum absolute atomic E-state index is 12.3. The lowest BCUT2D eigenvalue weighted by Crippen LogP contribution is -2.13. The number of hydrogen-bond acceptors (Lipinski definition) is 5. The van der Waals surface area contributed by atoms with E-state index in [1.807, 2.05) is 19.1 Å². The number of allylic oxidation sites excluding steroid dienone is 1. The average molecular weight is 312 g/mol. The number of ether oxygens (including phenoxy) is 1. The molecular formula is C18H20N2O3. The summed E-state index contributed by atoms with van der Waals surface area (Å²) in [5.74, 6) is 0.344. The van der Waals surface area contributed by atoms with Crippen LogP contribution in [0.5, 0.6) is 0 Å². The van der Waals surface area contributed by atoms with Gasteiger partial charge in [0.1, 0.15) is 5.69 Å². The first-order valence-electron chi connectivity index (χ1n) is 7.59. The number of esters is 1. The molecule has 120 valence electrons. The Morgan fingerprint density at radius 3 is 2.52 bits per heavy atom. The highest BCUT2D eigenvalue weighted by molar-refractivity contribution is 6.02. The molecule has 1 aromatic heterocycles. The maximum atomic E-state index is 12.3. The van der Waals surface area contributed by atoms with Crippen LogP contribution < -0.4 is 5.73 Å². The Morgan fingerprint density at radius 1 is 1.30 bits per heavy atom. The zero-order chi connectivity index (χ0) is 16.7. The van der Waals surface area contributed by atoms with Crippen LogP contribution in [0, 0.1) is 0 Å². The Morgan fingerprint density at radius 2 is 1.96 bits per heavy atom. The van der Waals surface area contributed by atoms with Gasteiger partial charge in [-0.05, 0) is 24.0 Å². The number of benzene rings is 1. The van der Waals surface area contributed by atoms with Gasteiger partial charge < -0.3 is 14.9 Å². The molecule has 0 spiro atoms. The molecule has 0 amide bonds. The number of carbonyl (C=O) groups excluding carboxylic acids is 1. The molecule has 5 heteroatoms. The molecule has 1 unspecified atom stereocenters. The van der Waals surface area contributed by atoms with Crippen molar-refractivity contribution in [1.29, 1.82) is 0 Å².